The minimum atomic E-state index is 0.752. The molecular formula is C17H34N2. The molecule has 1 aliphatic heterocycles. The largest absolute Gasteiger partial charge is 0.312 e. The zero-order valence-electron chi connectivity index (χ0n) is 13.5. The second kappa shape index (κ2) is 7.08. The van der Waals surface area contributed by atoms with Crippen LogP contribution < -0.4 is 5.32 Å². The summed E-state index contributed by atoms with van der Waals surface area (Å²) in [5.74, 6) is 2.71. The van der Waals surface area contributed by atoms with Crippen LogP contribution in [0.2, 0.25) is 0 Å². The van der Waals surface area contributed by atoms with Gasteiger partial charge in [0.15, 0.2) is 0 Å². The van der Waals surface area contributed by atoms with Gasteiger partial charge >= 0.3 is 0 Å². The van der Waals surface area contributed by atoms with Crippen LogP contribution in [-0.4, -0.2) is 36.6 Å². The second-order valence-electron chi connectivity index (χ2n) is 7.33. The summed E-state index contributed by atoms with van der Waals surface area (Å²) in [6.07, 6.45) is 6.89. The van der Waals surface area contributed by atoms with Gasteiger partial charge in [0.1, 0.15) is 0 Å². The molecule has 4 atom stereocenters. The lowest BCUT2D eigenvalue weighted by molar-refractivity contribution is 0.117. The van der Waals surface area contributed by atoms with E-state index in [1.165, 1.54) is 51.7 Å². The summed E-state index contributed by atoms with van der Waals surface area (Å²) in [5, 5.41) is 3.82. The van der Waals surface area contributed by atoms with Crippen LogP contribution in [0.3, 0.4) is 0 Å². The van der Waals surface area contributed by atoms with Crippen molar-refractivity contribution in [2.45, 2.75) is 71.9 Å². The van der Waals surface area contributed by atoms with Crippen LogP contribution in [0.5, 0.6) is 0 Å². The minimum Gasteiger partial charge on any atom is -0.312 e. The van der Waals surface area contributed by atoms with E-state index < -0.39 is 0 Å². The van der Waals surface area contributed by atoms with Gasteiger partial charge in [-0.3, -0.25) is 4.90 Å². The van der Waals surface area contributed by atoms with Crippen LogP contribution in [0.4, 0.5) is 0 Å². The normalized spacial score (nSPS) is 37.1. The number of rotatable bonds is 5. The Morgan fingerprint density at radius 1 is 1.21 bits per heavy atom. The number of hydrogen-bond donors (Lipinski definition) is 1. The van der Waals surface area contributed by atoms with E-state index in [1.54, 1.807) is 0 Å². The molecule has 112 valence electrons. The fraction of sp³-hybridized carbons (Fsp3) is 1.00. The number of nitrogens with zero attached hydrogens (tertiary/aromatic N) is 1. The highest BCUT2D eigenvalue weighted by atomic mass is 15.2. The molecule has 0 amide bonds. The van der Waals surface area contributed by atoms with Gasteiger partial charge in [0.2, 0.25) is 0 Å². The van der Waals surface area contributed by atoms with E-state index in [2.05, 4.69) is 37.9 Å². The Kier molecular flexibility index (Phi) is 5.70. The van der Waals surface area contributed by atoms with Crippen LogP contribution in [0.15, 0.2) is 0 Å². The van der Waals surface area contributed by atoms with Crippen molar-refractivity contribution in [3.63, 3.8) is 0 Å². The molecule has 1 saturated carbocycles. The summed E-state index contributed by atoms with van der Waals surface area (Å²) in [6, 6.07) is 1.56. The van der Waals surface area contributed by atoms with E-state index in [4.69, 9.17) is 0 Å². The molecule has 2 fully saturated rings. The summed E-state index contributed by atoms with van der Waals surface area (Å²) in [4.78, 5) is 2.81. The average molecular weight is 266 g/mol. The van der Waals surface area contributed by atoms with Crippen LogP contribution in [0, 0.1) is 17.8 Å². The molecule has 0 aromatic heterocycles. The van der Waals surface area contributed by atoms with E-state index in [0.717, 1.165) is 29.8 Å². The van der Waals surface area contributed by atoms with Crippen molar-refractivity contribution in [3.8, 4) is 0 Å². The molecule has 4 unspecified atom stereocenters. The zero-order chi connectivity index (χ0) is 13.8. The van der Waals surface area contributed by atoms with Gasteiger partial charge in [-0.15, -0.1) is 0 Å². The van der Waals surface area contributed by atoms with Gasteiger partial charge in [0.25, 0.3) is 0 Å². The predicted molar refractivity (Wildman–Crippen MR) is 83.4 cm³/mol. The first kappa shape index (κ1) is 15.3. The molecule has 1 aliphatic carbocycles. The van der Waals surface area contributed by atoms with Gasteiger partial charge in [-0.2, -0.15) is 0 Å². The fourth-order valence-electron chi connectivity index (χ4n) is 3.98. The van der Waals surface area contributed by atoms with Gasteiger partial charge in [0, 0.05) is 18.6 Å². The van der Waals surface area contributed by atoms with E-state index in [9.17, 15) is 0 Å². The predicted octanol–water partition coefficient (Wildman–Crippen LogP) is 3.52. The van der Waals surface area contributed by atoms with Crippen LogP contribution in [0.1, 0.15) is 59.8 Å². The maximum atomic E-state index is 3.82. The Balaban J connectivity index is 1.93. The Bertz CT molecular complexity index is 262. The van der Waals surface area contributed by atoms with Gasteiger partial charge in [-0.05, 0) is 62.9 Å². The zero-order valence-corrected chi connectivity index (χ0v) is 13.5. The third-order valence-corrected chi connectivity index (χ3v) is 5.40. The second-order valence-corrected chi connectivity index (χ2v) is 7.33. The molecule has 1 heterocycles. The lowest BCUT2D eigenvalue weighted by Crippen LogP contribution is -2.52. The number of hydrogen-bond acceptors (Lipinski definition) is 2. The molecular weight excluding hydrogens is 232 g/mol. The maximum Gasteiger partial charge on any atom is 0.0251 e. The van der Waals surface area contributed by atoms with Crippen LogP contribution >= 0.6 is 0 Å². The van der Waals surface area contributed by atoms with Gasteiger partial charge in [0.05, 0.1) is 0 Å². The first-order chi connectivity index (χ1) is 9.11. The minimum absolute atomic E-state index is 0.752. The van der Waals surface area contributed by atoms with Crippen molar-refractivity contribution >= 4 is 0 Å². The topological polar surface area (TPSA) is 15.3 Å². The Hall–Kier alpha value is -0.0800. The molecule has 0 radical (unpaired) electrons. The third kappa shape index (κ3) is 3.95. The van der Waals surface area contributed by atoms with Crippen LogP contribution in [-0.2, 0) is 0 Å². The molecule has 1 saturated heterocycles. The van der Waals surface area contributed by atoms with Crippen molar-refractivity contribution in [2.24, 2.45) is 17.8 Å². The summed E-state index contributed by atoms with van der Waals surface area (Å²) in [6.45, 7) is 13.4. The molecule has 0 aromatic rings. The first-order valence-corrected chi connectivity index (χ1v) is 8.59. The van der Waals surface area contributed by atoms with E-state index >= 15 is 0 Å². The van der Waals surface area contributed by atoms with E-state index in [1.807, 2.05) is 0 Å². The summed E-state index contributed by atoms with van der Waals surface area (Å²) in [5.41, 5.74) is 0. The molecule has 0 bridgehead atoms. The highest BCUT2D eigenvalue weighted by Gasteiger charge is 2.36. The van der Waals surface area contributed by atoms with Crippen molar-refractivity contribution in [1.29, 1.82) is 0 Å². The Labute approximate surface area is 120 Å². The lowest BCUT2D eigenvalue weighted by atomic mass is 9.82. The van der Waals surface area contributed by atoms with Crippen molar-refractivity contribution in [2.75, 3.05) is 19.6 Å². The standard InChI is InChI=1S/C17H34N2/c1-5-9-18-16-7-6-14(4)11-17(16)19-10-8-15(12-19)13(2)3/h13-18H,5-12H2,1-4H3. The van der Waals surface area contributed by atoms with Crippen molar-refractivity contribution in [1.82, 2.24) is 10.2 Å². The molecule has 2 aliphatic rings. The molecule has 2 heteroatoms. The smallest absolute Gasteiger partial charge is 0.0251 e. The summed E-state index contributed by atoms with van der Waals surface area (Å²) in [7, 11) is 0. The van der Waals surface area contributed by atoms with Gasteiger partial charge < -0.3 is 5.32 Å². The summed E-state index contributed by atoms with van der Waals surface area (Å²) < 4.78 is 0. The maximum absolute atomic E-state index is 3.82. The third-order valence-electron chi connectivity index (χ3n) is 5.40. The fourth-order valence-corrected chi connectivity index (χ4v) is 3.98. The van der Waals surface area contributed by atoms with Gasteiger partial charge in [-0.25, -0.2) is 0 Å². The van der Waals surface area contributed by atoms with Gasteiger partial charge in [-0.1, -0.05) is 27.7 Å². The molecule has 2 nitrogen and oxygen atoms in total. The molecule has 0 aromatic carbocycles. The highest BCUT2D eigenvalue weighted by molar-refractivity contribution is 4.93. The average Bonchev–Trinajstić information content (AvgIpc) is 2.87. The Morgan fingerprint density at radius 3 is 2.63 bits per heavy atom. The van der Waals surface area contributed by atoms with E-state index in [0.29, 0.717) is 0 Å². The SMILES string of the molecule is CCCNC1CCC(C)CC1N1CCC(C(C)C)C1. The molecule has 2 rings (SSSR count). The van der Waals surface area contributed by atoms with E-state index in [-0.39, 0.29) is 0 Å². The number of nitrogens with one attached hydrogen (secondary N) is 1. The van der Waals surface area contributed by atoms with Crippen LogP contribution in [0.25, 0.3) is 0 Å². The monoisotopic (exact) mass is 266 g/mol. The lowest BCUT2D eigenvalue weighted by Gasteiger charge is -2.41. The number of likely N-dealkylation sites (tertiary alicyclic amines) is 1. The summed E-state index contributed by atoms with van der Waals surface area (Å²) >= 11 is 0. The molecule has 0 spiro atoms. The first-order valence-electron chi connectivity index (χ1n) is 8.59. The highest BCUT2D eigenvalue weighted by Crippen LogP contribution is 2.33. The Morgan fingerprint density at radius 2 is 2.00 bits per heavy atom. The molecule has 19 heavy (non-hydrogen) atoms. The van der Waals surface area contributed by atoms with Crippen molar-refractivity contribution < 1.29 is 0 Å². The quantitative estimate of drug-likeness (QED) is 0.819. The van der Waals surface area contributed by atoms with Crippen molar-refractivity contribution in [3.05, 3.63) is 0 Å². The molecule has 1 N–H and O–H groups in total.